The smallest absolute Gasteiger partial charge is 0.159 e. The highest BCUT2D eigenvalue weighted by molar-refractivity contribution is 6.34. The molecule has 2 rings (SSSR count). The maximum Gasteiger partial charge on any atom is 0.159 e. The topological polar surface area (TPSA) is 26.3 Å². The number of ether oxygens (including phenoxy) is 1. The third-order valence-corrected chi connectivity index (χ3v) is 3.46. The largest absolute Gasteiger partial charge is 0.495 e. The van der Waals surface area contributed by atoms with Gasteiger partial charge < -0.3 is 4.74 Å². The van der Waals surface area contributed by atoms with Crippen LogP contribution < -0.4 is 4.74 Å². The molecule has 0 atom stereocenters. The van der Waals surface area contributed by atoms with E-state index >= 15 is 0 Å². The van der Waals surface area contributed by atoms with Crippen LogP contribution in [0.1, 0.15) is 17.3 Å². The van der Waals surface area contributed by atoms with Crippen LogP contribution in [0.25, 0.3) is 11.1 Å². The monoisotopic (exact) mass is 294 g/mol. The Balaban J connectivity index is 2.54. The normalized spacial score (nSPS) is 10.3. The Bertz CT molecular complexity index is 636. The van der Waals surface area contributed by atoms with Crippen molar-refractivity contribution >= 4 is 29.0 Å². The van der Waals surface area contributed by atoms with E-state index in [0.29, 0.717) is 21.4 Å². The summed E-state index contributed by atoms with van der Waals surface area (Å²) >= 11 is 12.3. The first-order valence-corrected chi connectivity index (χ1v) is 6.43. The Morgan fingerprint density at radius 2 is 1.79 bits per heavy atom. The van der Waals surface area contributed by atoms with E-state index in [1.165, 1.54) is 6.92 Å². The molecule has 0 aliphatic carbocycles. The lowest BCUT2D eigenvalue weighted by Crippen LogP contribution is -1.93. The molecule has 0 saturated heterocycles. The molecule has 2 aromatic rings. The number of rotatable bonds is 3. The van der Waals surface area contributed by atoms with Crippen molar-refractivity contribution in [1.82, 2.24) is 0 Å². The third-order valence-electron chi connectivity index (χ3n) is 2.84. The number of ketones is 1. The van der Waals surface area contributed by atoms with Crippen LogP contribution in [0, 0.1) is 0 Å². The predicted molar refractivity (Wildman–Crippen MR) is 78.5 cm³/mol. The van der Waals surface area contributed by atoms with Crippen molar-refractivity contribution < 1.29 is 9.53 Å². The van der Waals surface area contributed by atoms with Gasteiger partial charge >= 0.3 is 0 Å². The zero-order valence-electron chi connectivity index (χ0n) is 10.5. The lowest BCUT2D eigenvalue weighted by Gasteiger charge is -2.09. The molecule has 0 unspecified atom stereocenters. The van der Waals surface area contributed by atoms with Crippen LogP contribution in [0.5, 0.6) is 5.75 Å². The minimum atomic E-state index is -0.00229. The average molecular weight is 295 g/mol. The first-order chi connectivity index (χ1) is 9.02. The molecule has 0 aromatic heterocycles. The molecule has 2 aromatic carbocycles. The quantitative estimate of drug-likeness (QED) is 0.755. The number of carbonyl (C=O) groups is 1. The average Bonchev–Trinajstić information content (AvgIpc) is 2.38. The summed E-state index contributed by atoms with van der Waals surface area (Å²) in [5.41, 5.74) is 2.24. The molecule has 0 saturated carbocycles. The molecule has 0 bridgehead atoms. The molecule has 2 nitrogen and oxygen atoms in total. The molecule has 0 N–H and O–H groups in total. The SMILES string of the molecule is COc1ccc(-c2cc(C(C)=O)ccc2Cl)cc1Cl. The van der Waals surface area contributed by atoms with E-state index in [9.17, 15) is 4.79 Å². The van der Waals surface area contributed by atoms with Gasteiger partial charge in [-0.15, -0.1) is 0 Å². The van der Waals surface area contributed by atoms with Gasteiger partial charge in [-0.05, 0) is 42.8 Å². The highest BCUT2D eigenvalue weighted by Gasteiger charge is 2.09. The summed E-state index contributed by atoms with van der Waals surface area (Å²) in [4.78, 5) is 11.4. The van der Waals surface area contributed by atoms with Crippen molar-refractivity contribution in [3.63, 3.8) is 0 Å². The zero-order chi connectivity index (χ0) is 14.0. The lowest BCUT2D eigenvalue weighted by molar-refractivity contribution is 0.101. The summed E-state index contributed by atoms with van der Waals surface area (Å²) in [5.74, 6) is 0.599. The van der Waals surface area contributed by atoms with Gasteiger partial charge in [0.1, 0.15) is 5.75 Å². The molecule has 0 fully saturated rings. The molecule has 0 aliphatic rings. The van der Waals surface area contributed by atoms with E-state index in [-0.39, 0.29) is 5.78 Å². The summed E-state index contributed by atoms with van der Waals surface area (Å²) in [6.07, 6.45) is 0. The molecule has 0 amide bonds. The number of methoxy groups -OCH3 is 1. The first-order valence-electron chi connectivity index (χ1n) is 5.67. The molecule has 4 heteroatoms. The fourth-order valence-corrected chi connectivity index (χ4v) is 2.28. The first kappa shape index (κ1) is 13.9. The summed E-state index contributed by atoms with van der Waals surface area (Å²) < 4.78 is 5.11. The highest BCUT2D eigenvalue weighted by Crippen LogP contribution is 2.34. The Kier molecular flexibility index (Phi) is 4.13. The van der Waals surface area contributed by atoms with Crippen LogP contribution in [0.4, 0.5) is 0 Å². The van der Waals surface area contributed by atoms with E-state index < -0.39 is 0 Å². The van der Waals surface area contributed by atoms with Crippen LogP contribution in [0.15, 0.2) is 36.4 Å². The van der Waals surface area contributed by atoms with E-state index in [2.05, 4.69) is 0 Å². The Hall–Kier alpha value is -1.51. The van der Waals surface area contributed by atoms with Gasteiger partial charge in [-0.3, -0.25) is 4.79 Å². The molecule has 98 valence electrons. The Morgan fingerprint density at radius 3 is 2.37 bits per heavy atom. The molecule has 0 spiro atoms. The maximum atomic E-state index is 11.4. The second kappa shape index (κ2) is 5.64. The van der Waals surface area contributed by atoms with Crippen molar-refractivity contribution in [2.45, 2.75) is 6.92 Å². The maximum absolute atomic E-state index is 11.4. The molecule has 0 heterocycles. The zero-order valence-corrected chi connectivity index (χ0v) is 12.0. The number of halogens is 2. The molecular weight excluding hydrogens is 283 g/mol. The molecule has 0 aliphatic heterocycles. The van der Waals surface area contributed by atoms with E-state index in [1.807, 2.05) is 6.07 Å². The predicted octanol–water partition coefficient (Wildman–Crippen LogP) is 4.87. The van der Waals surface area contributed by atoms with E-state index in [0.717, 1.165) is 11.1 Å². The van der Waals surface area contributed by atoms with Crippen LogP contribution in [-0.4, -0.2) is 12.9 Å². The van der Waals surface area contributed by atoms with Gasteiger partial charge in [-0.2, -0.15) is 0 Å². The molecule has 19 heavy (non-hydrogen) atoms. The number of benzene rings is 2. The molecular formula is C15H12Cl2O2. The second-order valence-electron chi connectivity index (χ2n) is 4.10. The van der Waals surface area contributed by atoms with Crippen molar-refractivity contribution in [3.8, 4) is 16.9 Å². The third kappa shape index (κ3) is 2.91. The van der Waals surface area contributed by atoms with Crippen molar-refractivity contribution in [2.75, 3.05) is 7.11 Å². The van der Waals surface area contributed by atoms with Gasteiger partial charge in [0.15, 0.2) is 5.78 Å². The van der Waals surface area contributed by atoms with Gasteiger partial charge in [-0.1, -0.05) is 29.3 Å². The van der Waals surface area contributed by atoms with Crippen molar-refractivity contribution in [3.05, 3.63) is 52.0 Å². The van der Waals surface area contributed by atoms with Gasteiger partial charge in [-0.25, -0.2) is 0 Å². The van der Waals surface area contributed by atoms with E-state index in [4.69, 9.17) is 27.9 Å². The summed E-state index contributed by atoms with van der Waals surface area (Å²) in [6, 6.07) is 10.6. The number of carbonyl (C=O) groups excluding carboxylic acids is 1. The summed E-state index contributed by atoms with van der Waals surface area (Å²) in [6.45, 7) is 1.52. The Labute approximate surface area is 121 Å². The fourth-order valence-electron chi connectivity index (χ4n) is 1.80. The highest BCUT2D eigenvalue weighted by atomic mass is 35.5. The minimum Gasteiger partial charge on any atom is -0.495 e. The van der Waals surface area contributed by atoms with Crippen LogP contribution in [-0.2, 0) is 0 Å². The standard InChI is InChI=1S/C15H12Cl2O2/c1-9(18)10-3-5-13(16)12(7-10)11-4-6-15(19-2)14(17)8-11/h3-8H,1-2H3. The number of hydrogen-bond donors (Lipinski definition) is 0. The van der Waals surface area contributed by atoms with Crippen LogP contribution in [0.3, 0.4) is 0 Å². The van der Waals surface area contributed by atoms with Gasteiger partial charge in [0.25, 0.3) is 0 Å². The van der Waals surface area contributed by atoms with Crippen molar-refractivity contribution in [1.29, 1.82) is 0 Å². The lowest BCUT2D eigenvalue weighted by atomic mass is 10.0. The number of hydrogen-bond acceptors (Lipinski definition) is 2. The number of Topliss-reactive ketones (excluding diaryl/α,β-unsaturated/α-hetero) is 1. The second-order valence-corrected chi connectivity index (χ2v) is 4.91. The van der Waals surface area contributed by atoms with Crippen molar-refractivity contribution in [2.24, 2.45) is 0 Å². The summed E-state index contributed by atoms with van der Waals surface area (Å²) in [7, 11) is 1.56. The Morgan fingerprint density at radius 1 is 1.05 bits per heavy atom. The van der Waals surface area contributed by atoms with Gasteiger partial charge in [0.2, 0.25) is 0 Å². The van der Waals surface area contributed by atoms with Crippen LogP contribution in [0.2, 0.25) is 10.0 Å². The van der Waals surface area contributed by atoms with Gasteiger partial charge in [0, 0.05) is 16.1 Å². The molecule has 0 radical (unpaired) electrons. The van der Waals surface area contributed by atoms with Gasteiger partial charge in [0.05, 0.1) is 12.1 Å². The summed E-state index contributed by atoms with van der Waals surface area (Å²) in [5, 5.41) is 1.08. The minimum absolute atomic E-state index is 0.00229. The van der Waals surface area contributed by atoms with E-state index in [1.54, 1.807) is 37.4 Å². The fraction of sp³-hybridized carbons (Fsp3) is 0.133. The van der Waals surface area contributed by atoms with Crippen LogP contribution >= 0.6 is 23.2 Å².